The first-order valence-corrected chi connectivity index (χ1v) is 6.34. The van der Waals surface area contributed by atoms with E-state index in [0.29, 0.717) is 10.0 Å². The highest BCUT2D eigenvalue weighted by molar-refractivity contribution is 9.10. The van der Waals surface area contributed by atoms with Gasteiger partial charge in [0.1, 0.15) is 5.75 Å². The number of aromatic nitrogens is 1. The monoisotopic (exact) mass is 347 g/mol. The van der Waals surface area contributed by atoms with Crippen LogP contribution in [0.25, 0.3) is 0 Å². The van der Waals surface area contributed by atoms with E-state index in [1.165, 1.54) is 28.8 Å². The topological polar surface area (TPSA) is 31.2 Å². The van der Waals surface area contributed by atoms with E-state index in [9.17, 15) is 18.0 Å². The molecule has 1 heterocycles. The van der Waals surface area contributed by atoms with Gasteiger partial charge in [-0.25, -0.2) is 0 Å². The lowest BCUT2D eigenvalue weighted by molar-refractivity contribution is -0.274. The molecule has 0 aliphatic rings. The lowest BCUT2D eigenvalue weighted by Crippen LogP contribution is -2.20. The largest absolute Gasteiger partial charge is 0.573 e. The molecule has 20 heavy (non-hydrogen) atoms. The number of nitrogens with zero attached hydrogens (tertiary/aromatic N) is 1. The van der Waals surface area contributed by atoms with Crippen molar-refractivity contribution >= 4 is 15.9 Å². The second-order valence-corrected chi connectivity index (χ2v) is 4.84. The Morgan fingerprint density at radius 2 is 1.80 bits per heavy atom. The Balaban J connectivity index is 2.15. The Labute approximate surface area is 120 Å². The van der Waals surface area contributed by atoms with Crippen molar-refractivity contribution in [2.75, 3.05) is 0 Å². The fourth-order valence-electron chi connectivity index (χ4n) is 1.63. The maximum absolute atomic E-state index is 12.0. The van der Waals surface area contributed by atoms with Crippen LogP contribution in [0, 0.1) is 0 Å². The summed E-state index contributed by atoms with van der Waals surface area (Å²) in [6.07, 6.45) is -3.10. The Morgan fingerprint density at radius 1 is 1.15 bits per heavy atom. The lowest BCUT2D eigenvalue weighted by Gasteiger charge is -2.10. The van der Waals surface area contributed by atoms with Crippen LogP contribution >= 0.6 is 15.9 Å². The van der Waals surface area contributed by atoms with Crippen LogP contribution in [0.15, 0.2) is 51.9 Å². The van der Waals surface area contributed by atoms with Crippen molar-refractivity contribution in [1.82, 2.24) is 4.57 Å². The molecule has 0 N–H and O–H groups in total. The van der Waals surface area contributed by atoms with Gasteiger partial charge in [0.15, 0.2) is 0 Å². The molecule has 0 saturated heterocycles. The normalized spacial score (nSPS) is 11.4. The van der Waals surface area contributed by atoms with Crippen LogP contribution in [0.5, 0.6) is 5.75 Å². The van der Waals surface area contributed by atoms with Crippen molar-refractivity contribution < 1.29 is 17.9 Å². The molecular formula is C13H9BrF3NO2. The Morgan fingerprint density at radius 3 is 2.40 bits per heavy atom. The average molecular weight is 348 g/mol. The highest BCUT2D eigenvalue weighted by Crippen LogP contribution is 2.22. The fraction of sp³-hybridized carbons (Fsp3) is 0.154. The molecule has 0 radical (unpaired) electrons. The fourth-order valence-corrected chi connectivity index (χ4v) is 2.01. The third-order valence-electron chi connectivity index (χ3n) is 2.48. The second kappa shape index (κ2) is 5.70. The number of rotatable bonds is 3. The quantitative estimate of drug-likeness (QED) is 0.850. The van der Waals surface area contributed by atoms with Crippen molar-refractivity contribution in [2.45, 2.75) is 12.9 Å². The van der Waals surface area contributed by atoms with E-state index in [0.717, 1.165) is 0 Å². The van der Waals surface area contributed by atoms with Gasteiger partial charge in [0.05, 0.1) is 11.0 Å². The van der Waals surface area contributed by atoms with E-state index < -0.39 is 6.36 Å². The minimum absolute atomic E-state index is 0.205. The molecule has 2 aromatic rings. The molecule has 0 amide bonds. The van der Waals surface area contributed by atoms with Gasteiger partial charge in [0, 0.05) is 6.20 Å². The van der Waals surface area contributed by atoms with E-state index in [4.69, 9.17) is 0 Å². The number of halogens is 4. The molecule has 0 fully saturated rings. The molecule has 0 spiro atoms. The average Bonchev–Trinajstić information content (AvgIpc) is 2.35. The van der Waals surface area contributed by atoms with Crippen LogP contribution in [0.3, 0.4) is 0 Å². The van der Waals surface area contributed by atoms with Crippen LogP contribution in [-0.4, -0.2) is 10.9 Å². The molecule has 106 valence electrons. The van der Waals surface area contributed by atoms with Crippen molar-refractivity contribution in [2.24, 2.45) is 0 Å². The summed E-state index contributed by atoms with van der Waals surface area (Å²) in [5.74, 6) is -0.289. The van der Waals surface area contributed by atoms with Crippen molar-refractivity contribution in [3.8, 4) is 5.75 Å². The number of benzene rings is 1. The van der Waals surface area contributed by atoms with Gasteiger partial charge in [-0.05, 0) is 45.8 Å². The number of ether oxygens (including phenoxy) is 1. The molecule has 2 rings (SSSR count). The summed E-state index contributed by atoms with van der Waals surface area (Å²) in [6.45, 7) is 0.268. The third kappa shape index (κ3) is 3.86. The zero-order valence-electron chi connectivity index (χ0n) is 10.0. The van der Waals surface area contributed by atoms with E-state index in [1.54, 1.807) is 18.3 Å². The number of alkyl halides is 3. The SMILES string of the molecule is O=c1c(Br)cccn1Cc1ccc(OC(F)(F)F)cc1. The summed E-state index contributed by atoms with van der Waals surface area (Å²) < 4.78 is 41.7. The van der Waals surface area contributed by atoms with Gasteiger partial charge < -0.3 is 9.30 Å². The van der Waals surface area contributed by atoms with Crippen LogP contribution < -0.4 is 10.3 Å². The molecule has 0 atom stereocenters. The van der Waals surface area contributed by atoms with Gasteiger partial charge in [-0.3, -0.25) is 4.79 Å². The smallest absolute Gasteiger partial charge is 0.406 e. The maximum Gasteiger partial charge on any atom is 0.573 e. The van der Waals surface area contributed by atoms with Crippen molar-refractivity contribution in [3.05, 3.63) is 63.0 Å². The van der Waals surface area contributed by atoms with Crippen LogP contribution in [0.4, 0.5) is 13.2 Å². The Kier molecular flexibility index (Phi) is 4.17. The van der Waals surface area contributed by atoms with Crippen LogP contribution in [-0.2, 0) is 6.54 Å². The number of pyridine rings is 1. The standard InChI is InChI=1S/C13H9BrF3NO2/c14-11-2-1-7-18(12(11)19)8-9-3-5-10(6-4-9)20-13(15,16)17/h1-7H,8H2. The second-order valence-electron chi connectivity index (χ2n) is 3.98. The van der Waals surface area contributed by atoms with E-state index in [1.807, 2.05) is 0 Å². The van der Waals surface area contributed by atoms with E-state index >= 15 is 0 Å². The third-order valence-corrected chi connectivity index (χ3v) is 3.09. The molecule has 1 aromatic carbocycles. The number of hydrogen-bond acceptors (Lipinski definition) is 2. The van der Waals surface area contributed by atoms with E-state index in [-0.39, 0.29) is 17.9 Å². The molecule has 0 bridgehead atoms. The molecule has 0 aliphatic heterocycles. The first-order chi connectivity index (χ1) is 9.35. The summed E-state index contributed by atoms with van der Waals surface area (Å²) in [7, 11) is 0. The highest BCUT2D eigenvalue weighted by atomic mass is 79.9. The Hall–Kier alpha value is -1.76. The van der Waals surface area contributed by atoms with Crippen molar-refractivity contribution in [1.29, 1.82) is 0 Å². The predicted molar refractivity (Wildman–Crippen MR) is 70.6 cm³/mol. The van der Waals surface area contributed by atoms with Crippen LogP contribution in [0.1, 0.15) is 5.56 Å². The highest BCUT2D eigenvalue weighted by Gasteiger charge is 2.30. The lowest BCUT2D eigenvalue weighted by atomic mass is 10.2. The van der Waals surface area contributed by atoms with Gasteiger partial charge >= 0.3 is 6.36 Å². The number of hydrogen-bond donors (Lipinski definition) is 0. The zero-order valence-corrected chi connectivity index (χ0v) is 11.6. The first-order valence-electron chi connectivity index (χ1n) is 5.55. The molecule has 7 heteroatoms. The molecule has 0 aliphatic carbocycles. The summed E-state index contributed by atoms with van der Waals surface area (Å²) >= 11 is 3.13. The van der Waals surface area contributed by atoms with Crippen LogP contribution in [0.2, 0.25) is 0 Å². The van der Waals surface area contributed by atoms with E-state index in [2.05, 4.69) is 20.7 Å². The van der Waals surface area contributed by atoms with Gasteiger partial charge in [0.25, 0.3) is 5.56 Å². The summed E-state index contributed by atoms with van der Waals surface area (Å²) in [5.41, 5.74) is 0.489. The first kappa shape index (κ1) is 14.6. The van der Waals surface area contributed by atoms with Crippen molar-refractivity contribution in [3.63, 3.8) is 0 Å². The molecular weight excluding hydrogens is 339 g/mol. The molecule has 3 nitrogen and oxygen atoms in total. The van der Waals surface area contributed by atoms with Gasteiger partial charge in [0.2, 0.25) is 0 Å². The maximum atomic E-state index is 12.0. The minimum atomic E-state index is -4.71. The Bertz CT molecular complexity index is 650. The molecule has 0 unspecified atom stereocenters. The summed E-state index contributed by atoms with van der Waals surface area (Å²) in [5, 5.41) is 0. The predicted octanol–water partition coefficient (Wildman–Crippen LogP) is 3.56. The van der Waals surface area contributed by atoms with Gasteiger partial charge in [-0.2, -0.15) is 0 Å². The zero-order chi connectivity index (χ0) is 14.8. The molecule has 1 aromatic heterocycles. The van der Waals surface area contributed by atoms with Gasteiger partial charge in [-0.1, -0.05) is 12.1 Å². The minimum Gasteiger partial charge on any atom is -0.406 e. The summed E-state index contributed by atoms with van der Waals surface area (Å²) in [4.78, 5) is 11.8. The molecule has 0 saturated carbocycles. The van der Waals surface area contributed by atoms with Gasteiger partial charge in [-0.15, -0.1) is 13.2 Å². The summed E-state index contributed by atoms with van der Waals surface area (Å²) in [6, 6.07) is 8.71.